The normalized spacial score (nSPS) is 14.5. The molecule has 1 aromatic heterocycles. The Morgan fingerprint density at radius 1 is 0.739 bits per heavy atom. The van der Waals surface area contributed by atoms with Crippen molar-refractivity contribution in [3.63, 3.8) is 0 Å². The van der Waals surface area contributed by atoms with Gasteiger partial charge < -0.3 is 0 Å². The van der Waals surface area contributed by atoms with Crippen LogP contribution >= 0.6 is 0 Å². The number of pyridine rings is 1. The molecule has 0 spiro atoms. The molecule has 1 aliphatic rings. The fraction of sp³-hybridized carbons (Fsp3) is 0.227. The van der Waals surface area contributed by atoms with Crippen molar-refractivity contribution in [2.24, 2.45) is 0 Å². The van der Waals surface area contributed by atoms with Gasteiger partial charge in [0.15, 0.2) is 0 Å². The van der Waals surface area contributed by atoms with E-state index in [1.165, 1.54) is 69.4 Å². The van der Waals surface area contributed by atoms with Gasteiger partial charge in [0, 0.05) is 16.2 Å². The molecule has 0 saturated heterocycles. The first-order valence-electron chi connectivity index (χ1n) is 8.55. The summed E-state index contributed by atoms with van der Waals surface area (Å²) in [6, 6.07) is 17.7. The Labute approximate surface area is 136 Å². The minimum Gasteiger partial charge on any atom is -0.247 e. The maximum absolute atomic E-state index is 5.18. The maximum Gasteiger partial charge on any atom is 0.0790 e. The van der Waals surface area contributed by atoms with E-state index in [1.807, 2.05) is 0 Å². The second-order valence-electron chi connectivity index (χ2n) is 6.73. The lowest BCUT2D eigenvalue weighted by Gasteiger charge is -2.19. The molecule has 0 atom stereocenters. The van der Waals surface area contributed by atoms with E-state index in [4.69, 9.17) is 4.98 Å². The number of hydrogen-bond acceptors (Lipinski definition) is 1. The van der Waals surface area contributed by atoms with Crippen molar-refractivity contribution in [1.82, 2.24) is 4.98 Å². The molecule has 23 heavy (non-hydrogen) atoms. The molecular formula is C22H19N. The largest absolute Gasteiger partial charge is 0.247 e. The predicted octanol–water partition coefficient (Wildman–Crippen LogP) is 5.73. The zero-order valence-corrected chi connectivity index (χ0v) is 13.4. The van der Waals surface area contributed by atoms with Crippen molar-refractivity contribution in [2.45, 2.75) is 32.6 Å². The van der Waals surface area contributed by atoms with Crippen molar-refractivity contribution in [3.05, 3.63) is 65.2 Å². The fourth-order valence-electron chi connectivity index (χ4n) is 4.17. The highest BCUT2D eigenvalue weighted by Crippen LogP contribution is 2.34. The smallest absolute Gasteiger partial charge is 0.0790 e. The van der Waals surface area contributed by atoms with Crippen LogP contribution in [0.2, 0.25) is 0 Å². The van der Waals surface area contributed by atoms with E-state index in [0.29, 0.717) is 0 Å². The van der Waals surface area contributed by atoms with Crippen molar-refractivity contribution < 1.29 is 0 Å². The second kappa shape index (κ2) is 4.79. The van der Waals surface area contributed by atoms with Crippen LogP contribution in [-0.4, -0.2) is 4.98 Å². The van der Waals surface area contributed by atoms with Gasteiger partial charge in [0.2, 0.25) is 0 Å². The third kappa shape index (κ3) is 1.83. The summed E-state index contributed by atoms with van der Waals surface area (Å²) in [5, 5.41) is 5.15. The fourth-order valence-corrected chi connectivity index (χ4v) is 4.17. The highest BCUT2D eigenvalue weighted by atomic mass is 14.7. The number of rotatable bonds is 0. The summed E-state index contributed by atoms with van der Waals surface area (Å²) in [6.07, 6.45) is 4.99. The van der Waals surface area contributed by atoms with Crippen LogP contribution < -0.4 is 0 Å². The van der Waals surface area contributed by atoms with Crippen LogP contribution in [-0.2, 0) is 12.8 Å². The van der Waals surface area contributed by atoms with E-state index < -0.39 is 0 Å². The Bertz CT molecular complexity index is 1080. The van der Waals surface area contributed by atoms with E-state index in [2.05, 4.69) is 55.5 Å². The van der Waals surface area contributed by atoms with Crippen LogP contribution in [0.1, 0.15) is 29.5 Å². The molecule has 1 heterocycles. The zero-order valence-electron chi connectivity index (χ0n) is 13.4. The first-order valence-corrected chi connectivity index (χ1v) is 8.55. The third-order valence-corrected chi connectivity index (χ3v) is 5.43. The van der Waals surface area contributed by atoms with Gasteiger partial charge in [0.1, 0.15) is 0 Å². The van der Waals surface area contributed by atoms with Crippen molar-refractivity contribution in [2.75, 3.05) is 0 Å². The van der Waals surface area contributed by atoms with Gasteiger partial charge in [-0.2, -0.15) is 0 Å². The molecule has 0 unspecified atom stereocenters. The molecule has 0 fully saturated rings. The van der Waals surface area contributed by atoms with Gasteiger partial charge in [-0.15, -0.1) is 0 Å². The molecule has 0 aliphatic heterocycles. The van der Waals surface area contributed by atoms with Crippen molar-refractivity contribution in [3.8, 4) is 0 Å². The van der Waals surface area contributed by atoms with Crippen LogP contribution in [0.4, 0.5) is 0 Å². The van der Waals surface area contributed by atoms with Gasteiger partial charge in [-0.3, -0.25) is 0 Å². The van der Waals surface area contributed by atoms with Crippen LogP contribution in [0.15, 0.2) is 48.5 Å². The molecule has 4 aromatic rings. The summed E-state index contributed by atoms with van der Waals surface area (Å²) in [5.74, 6) is 0. The van der Waals surface area contributed by atoms with Gasteiger partial charge in [0.25, 0.3) is 0 Å². The van der Waals surface area contributed by atoms with Crippen LogP contribution in [0, 0.1) is 6.92 Å². The number of aromatic nitrogens is 1. The molecule has 0 amide bonds. The molecule has 1 aliphatic carbocycles. The summed E-state index contributed by atoms with van der Waals surface area (Å²) in [7, 11) is 0. The predicted molar refractivity (Wildman–Crippen MR) is 98.1 cm³/mol. The lowest BCUT2D eigenvalue weighted by molar-refractivity contribution is 0.689. The minimum absolute atomic E-state index is 1.16. The SMILES string of the molecule is Cc1c2ccc3c(c2nc2c1ccc1ccccc12)CCCC3. The number of fused-ring (bicyclic) bond motifs is 6. The first-order chi connectivity index (χ1) is 11.3. The first kappa shape index (κ1) is 13.1. The summed E-state index contributed by atoms with van der Waals surface area (Å²) in [4.78, 5) is 5.18. The maximum atomic E-state index is 5.18. The lowest BCUT2D eigenvalue weighted by atomic mass is 9.88. The minimum atomic E-state index is 1.16. The average molecular weight is 297 g/mol. The van der Waals surface area contributed by atoms with E-state index in [-0.39, 0.29) is 0 Å². The zero-order chi connectivity index (χ0) is 15.4. The summed E-state index contributed by atoms with van der Waals surface area (Å²) in [5.41, 5.74) is 6.77. The molecule has 1 nitrogen and oxygen atoms in total. The summed E-state index contributed by atoms with van der Waals surface area (Å²) in [6.45, 7) is 2.25. The number of nitrogens with zero attached hydrogens (tertiary/aromatic N) is 1. The Kier molecular flexibility index (Phi) is 2.72. The molecule has 0 saturated carbocycles. The quantitative estimate of drug-likeness (QED) is 0.298. The third-order valence-electron chi connectivity index (χ3n) is 5.43. The molecule has 0 N–H and O–H groups in total. The van der Waals surface area contributed by atoms with Gasteiger partial charge in [-0.05, 0) is 54.7 Å². The highest BCUT2D eigenvalue weighted by Gasteiger charge is 2.16. The number of benzene rings is 3. The van der Waals surface area contributed by atoms with Gasteiger partial charge >= 0.3 is 0 Å². The summed E-state index contributed by atoms with van der Waals surface area (Å²) < 4.78 is 0. The molecule has 1 heteroatoms. The monoisotopic (exact) mass is 297 g/mol. The average Bonchev–Trinajstić information content (AvgIpc) is 2.61. The van der Waals surface area contributed by atoms with E-state index in [0.717, 1.165) is 5.52 Å². The van der Waals surface area contributed by atoms with E-state index in [1.54, 1.807) is 0 Å². The number of hydrogen-bond donors (Lipinski definition) is 0. The van der Waals surface area contributed by atoms with E-state index in [9.17, 15) is 0 Å². The van der Waals surface area contributed by atoms with Crippen LogP contribution in [0.25, 0.3) is 32.6 Å². The second-order valence-corrected chi connectivity index (χ2v) is 6.73. The van der Waals surface area contributed by atoms with Crippen LogP contribution in [0.5, 0.6) is 0 Å². The van der Waals surface area contributed by atoms with Crippen molar-refractivity contribution >= 4 is 32.6 Å². The van der Waals surface area contributed by atoms with Crippen molar-refractivity contribution in [1.29, 1.82) is 0 Å². The molecule has 3 aromatic carbocycles. The molecule has 0 bridgehead atoms. The Morgan fingerprint density at radius 3 is 2.48 bits per heavy atom. The van der Waals surface area contributed by atoms with Gasteiger partial charge in [0.05, 0.1) is 11.0 Å². The standard InChI is InChI=1S/C22H19N/c1-14-17-12-10-15-6-2-4-8-19(15)21(17)23-22-18(14)13-11-16-7-3-5-9-20(16)22/h2,4,6,8,10-13H,3,5,7,9H2,1H3. The molecule has 112 valence electrons. The molecule has 5 rings (SSSR count). The highest BCUT2D eigenvalue weighted by molar-refractivity contribution is 6.10. The Morgan fingerprint density at radius 2 is 1.52 bits per heavy atom. The van der Waals surface area contributed by atoms with Crippen LogP contribution in [0.3, 0.4) is 0 Å². The lowest BCUT2D eigenvalue weighted by Crippen LogP contribution is -2.04. The van der Waals surface area contributed by atoms with Gasteiger partial charge in [-0.1, -0.05) is 48.5 Å². The van der Waals surface area contributed by atoms with E-state index >= 15 is 0 Å². The Balaban J connectivity index is 2.00. The number of aryl methyl sites for hydroxylation is 3. The molecular weight excluding hydrogens is 278 g/mol. The Hall–Kier alpha value is -2.41. The summed E-state index contributed by atoms with van der Waals surface area (Å²) >= 11 is 0. The topological polar surface area (TPSA) is 12.9 Å². The van der Waals surface area contributed by atoms with Gasteiger partial charge in [-0.25, -0.2) is 4.98 Å². The molecule has 0 radical (unpaired) electrons.